The molecule has 2 amide bonds. The fourth-order valence-corrected chi connectivity index (χ4v) is 2.38. The third-order valence-electron chi connectivity index (χ3n) is 2.85. The number of nitrogens with zero attached hydrogens (tertiary/aromatic N) is 1. The highest BCUT2D eigenvalue weighted by Crippen LogP contribution is 2.30. The molecule has 2 atom stereocenters. The quantitative estimate of drug-likeness (QED) is 0.608. The lowest BCUT2D eigenvalue weighted by atomic mass is 9.78. The van der Waals surface area contributed by atoms with E-state index in [0.29, 0.717) is 0 Å². The van der Waals surface area contributed by atoms with Gasteiger partial charge in [-0.3, -0.25) is 0 Å². The highest BCUT2D eigenvalue weighted by atomic mass is 16.2. The monoisotopic (exact) mass is 199 g/mol. The molecule has 0 aliphatic carbocycles. The zero-order valence-electron chi connectivity index (χ0n) is 9.29. The Kier molecular flexibility index (Phi) is 3.04. The SMILES string of the molecule is CC(C)(C)[C@@H]1C(N)CCCN1C(N)=O. The lowest BCUT2D eigenvalue weighted by Crippen LogP contribution is -2.60. The second kappa shape index (κ2) is 3.77. The lowest BCUT2D eigenvalue weighted by Gasteiger charge is -2.46. The first kappa shape index (κ1) is 11.3. The number of nitrogens with two attached hydrogens (primary N) is 2. The Bertz CT molecular complexity index is 222. The average molecular weight is 199 g/mol. The number of urea groups is 1. The van der Waals surface area contributed by atoms with Crippen molar-refractivity contribution in [2.45, 2.75) is 45.7 Å². The van der Waals surface area contributed by atoms with Gasteiger partial charge in [0.25, 0.3) is 0 Å². The summed E-state index contributed by atoms with van der Waals surface area (Å²) in [4.78, 5) is 13.0. The van der Waals surface area contributed by atoms with E-state index in [1.54, 1.807) is 4.90 Å². The van der Waals surface area contributed by atoms with E-state index in [9.17, 15) is 4.79 Å². The summed E-state index contributed by atoms with van der Waals surface area (Å²) >= 11 is 0. The highest BCUT2D eigenvalue weighted by Gasteiger charge is 2.39. The van der Waals surface area contributed by atoms with Crippen molar-refractivity contribution in [2.24, 2.45) is 16.9 Å². The summed E-state index contributed by atoms with van der Waals surface area (Å²) in [5, 5.41) is 0. The molecular formula is C10H21N3O. The van der Waals surface area contributed by atoms with Gasteiger partial charge >= 0.3 is 6.03 Å². The van der Waals surface area contributed by atoms with Crippen LogP contribution in [0.25, 0.3) is 0 Å². The fraction of sp³-hybridized carbons (Fsp3) is 0.900. The molecule has 0 saturated carbocycles. The Morgan fingerprint density at radius 2 is 2.00 bits per heavy atom. The summed E-state index contributed by atoms with van der Waals surface area (Å²) in [7, 11) is 0. The topological polar surface area (TPSA) is 72.3 Å². The molecule has 0 aromatic rings. The summed E-state index contributed by atoms with van der Waals surface area (Å²) in [6, 6.07) is -0.231. The van der Waals surface area contributed by atoms with Crippen LogP contribution in [0.2, 0.25) is 0 Å². The molecular weight excluding hydrogens is 178 g/mol. The van der Waals surface area contributed by atoms with Crippen molar-refractivity contribution in [3.8, 4) is 0 Å². The molecule has 1 rings (SSSR count). The number of hydrogen-bond acceptors (Lipinski definition) is 2. The molecule has 0 spiro atoms. The molecule has 1 aliphatic rings. The van der Waals surface area contributed by atoms with Gasteiger partial charge in [-0.2, -0.15) is 0 Å². The standard InChI is InChI=1S/C10H21N3O/c1-10(2,3)8-7(11)5-4-6-13(8)9(12)14/h7-8H,4-6,11H2,1-3H3,(H2,12,14)/t7?,8-/m0/s1. The van der Waals surface area contributed by atoms with Gasteiger partial charge in [0.2, 0.25) is 0 Å². The van der Waals surface area contributed by atoms with Crippen LogP contribution in [-0.4, -0.2) is 29.6 Å². The van der Waals surface area contributed by atoms with E-state index in [-0.39, 0.29) is 23.5 Å². The first-order valence-corrected chi connectivity index (χ1v) is 5.15. The van der Waals surface area contributed by atoms with E-state index in [0.717, 1.165) is 19.4 Å². The van der Waals surface area contributed by atoms with Crippen molar-refractivity contribution in [1.82, 2.24) is 4.90 Å². The van der Waals surface area contributed by atoms with E-state index >= 15 is 0 Å². The van der Waals surface area contributed by atoms with Crippen LogP contribution in [0, 0.1) is 5.41 Å². The van der Waals surface area contributed by atoms with Gasteiger partial charge in [-0.25, -0.2) is 4.79 Å². The third-order valence-corrected chi connectivity index (χ3v) is 2.85. The molecule has 4 heteroatoms. The number of likely N-dealkylation sites (tertiary alicyclic amines) is 1. The number of carbonyl (C=O) groups excluding carboxylic acids is 1. The maximum atomic E-state index is 11.2. The van der Waals surface area contributed by atoms with Crippen LogP contribution in [-0.2, 0) is 0 Å². The van der Waals surface area contributed by atoms with Gasteiger partial charge in [0.1, 0.15) is 0 Å². The summed E-state index contributed by atoms with van der Waals surface area (Å²) in [5.74, 6) is 0. The van der Waals surface area contributed by atoms with Crippen LogP contribution in [0.1, 0.15) is 33.6 Å². The van der Waals surface area contributed by atoms with Crippen molar-refractivity contribution in [3.63, 3.8) is 0 Å². The highest BCUT2D eigenvalue weighted by molar-refractivity contribution is 5.72. The third kappa shape index (κ3) is 2.18. The van der Waals surface area contributed by atoms with Gasteiger partial charge in [-0.1, -0.05) is 20.8 Å². The molecule has 1 fully saturated rings. The minimum atomic E-state index is -0.347. The maximum absolute atomic E-state index is 11.2. The van der Waals surface area contributed by atoms with Crippen molar-refractivity contribution >= 4 is 6.03 Å². The van der Waals surface area contributed by atoms with E-state index in [1.807, 2.05) is 0 Å². The molecule has 0 radical (unpaired) electrons. The summed E-state index contributed by atoms with van der Waals surface area (Å²) in [5.41, 5.74) is 11.4. The summed E-state index contributed by atoms with van der Waals surface area (Å²) in [6.07, 6.45) is 1.93. The maximum Gasteiger partial charge on any atom is 0.315 e. The Morgan fingerprint density at radius 3 is 2.36 bits per heavy atom. The summed E-state index contributed by atoms with van der Waals surface area (Å²) in [6.45, 7) is 7.03. The lowest BCUT2D eigenvalue weighted by molar-refractivity contribution is 0.0766. The van der Waals surface area contributed by atoms with E-state index in [1.165, 1.54) is 0 Å². The zero-order valence-corrected chi connectivity index (χ0v) is 9.29. The largest absolute Gasteiger partial charge is 0.351 e. The van der Waals surface area contributed by atoms with E-state index < -0.39 is 0 Å². The minimum Gasteiger partial charge on any atom is -0.351 e. The molecule has 4 nitrogen and oxygen atoms in total. The predicted octanol–water partition coefficient (Wildman–Crippen LogP) is 0.903. The molecule has 82 valence electrons. The Hall–Kier alpha value is -0.770. The Balaban J connectivity index is 2.87. The molecule has 0 aromatic heterocycles. The van der Waals surface area contributed by atoms with Crippen LogP contribution in [0.4, 0.5) is 4.79 Å². The molecule has 1 unspecified atom stereocenters. The molecule has 14 heavy (non-hydrogen) atoms. The van der Waals surface area contributed by atoms with Gasteiger partial charge in [0.05, 0.1) is 6.04 Å². The van der Waals surface area contributed by atoms with Crippen LogP contribution < -0.4 is 11.5 Å². The zero-order chi connectivity index (χ0) is 10.9. The van der Waals surface area contributed by atoms with Crippen LogP contribution in [0.15, 0.2) is 0 Å². The Labute approximate surface area is 85.6 Å². The molecule has 1 heterocycles. The molecule has 1 aliphatic heterocycles. The fourth-order valence-electron chi connectivity index (χ4n) is 2.38. The van der Waals surface area contributed by atoms with Crippen molar-refractivity contribution in [2.75, 3.05) is 6.54 Å². The second-order valence-electron chi connectivity index (χ2n) is 5.15. The number of piperidine rings is 1. The van der Waals surface area contributed by atoms with Gasteiger partial charge < -0.3 is 16.4 Å². The smallest absolute Gasteiger partial charge is 0.315 e. The average Bonchev–Trinajstić information content (AvgIpc) is 2.01. The molecule has 4 N–H and O–H groups in total. The predicted molar refractivity (Wildman–Crippen MR) is 56.7 cm³/mol. The second-order valence-corrected chi connectivity index (χ2v) is 5.15. The first-order chi connectivity index (χ1) is 6.34. The van der Waals surface area contributed by atoms with Crippen molar-refractivity contribution in [3.05, 3.63) is 0 Å². The minimum absolute atomic E-state index is 0.00509. The number of primary amides is 1. The Morgan fingerprint density at radius 1 is 1.43 bits per heavy atom. The molecule has 0 aromatic carbocycles. The van der Waals surface area contributed by atoms with Gasteiger partial charge in [-0.05, 0) is 18.3 Å². The molecule has 1 saturated heterocycles. The first-order valence-electron chi connectivity index (χ1n) is 5.15. The van der Waals surface area contributed by atoms with Crippen molar-refractivity contribution in [1.29, 1.82) is 0 Å². The van der Waals surface area contributed by atoms with Crippen LogP contribution in [0.5, 0.6) is 0 Å². The van der Waals surface area contributed by atoms with Crippen molar-refractivity contribution < 1.29 is 4.79 Å². The molecule has 0 bridgehead atoms. The van der Waals surface area contributed by atoms with Crippen LogP contribution >= 0.6 is 0 Å². The van der Waals surface area contributed by atoms with Gasteiger partial charge in [0, 0.05) is 12.6 Å². The number of carbonyl (C=O) groups is 1. The normalized spacial score (nSPS) is 29.0. The van der Waals surface area contributed by atoms with Crippen LogP contribution in [0.3, 0.4) is 0 Å². The van der Waals surface area contributed by atoms with Gasteiger partial charge in [0.15, 0.2) is 0 Å². The number of hydrogen-bond donors (Lipinski definition) is 2. The van der Waals surface area contributed by atoms with E-state index in [4.69, 9.17) is 11.5 Å². The van der Waals surface area contributed by atoms with Gasteiger partial charge in [-0.15, -0.1) is 0 Å². The summed E-state index contributed by atoms with van der Waals surface area (Å²) < 4.78 is 0. The number of rotatable bonds is 0. The number of amides is 2. The van der Waals surface area contributed by atoms with E-state index in [2.05, 4.69) is 20.8 Å².